The minimum absolute atomic E-state index is 0.289. The lowest BCUT2D eigenvalue weighted by molar-refractivity contribution is 0.358. The van der Waals surface area contributed by atoms with Crippen LogP contribution in [0, 0.1) is 0 Å². The standard InChI is InChI=1S/C36H27N/c1-4-10-31-25(7-1)26-8-2-5-11-32(26)36(31)33-12-6-3-9-27(33)28-18-17-24(19-34(28)36)35-20-29-22-13-15-23(16-14-22)30(29)21-37-35/h1-12,17-23H,13-16H2. The van der Waals surface area contributed by atoms with Gasteiger partial charge in [-0.1, -0.05) is 84.9 Å². The molecule has 5 aromatic rings. The Morgan fingerprint density at radius 1 is 0.514 bits per heavy atom. The summed E-state index contributed by atoms with van der Waals surface area (Å²) in [6, 6.07) is 36.7. The van der Waals surface area contributed by atoms with Crippen molar-refractivity contribution in [2.45, 2.75) is 42.9 Å². The van der Waals surface area contributed by atoms with Crippen molar-refractivity contribution in [3.63, 3.8) is 0 Å². The Hall–Kier alpha value is -3.97. The Morgan fingerprint density at radius 3 is 1.62 bits per heavy atom. The van der Waals surface area contributed by atoms with Gasteiger partial charge in [0.2, 0.25) is 0 Å². The lowest BCUT2D eigenvalue weighted by Crippen LogP contribution is -2.25. The minimum atomic E-state index is -0.289. The summed E-state index contributed by atoms with van der Waals surface area (Å²) in [6.45, 7) is 0. The number of benzene rings is 4. The molecule has 0 radical (unpaired) electrons. The average molecular weight is 474 g/mol. The maximum atomic E-state index is 5.06. The summed E-state index contributed by atoms with van der Waals surface area (Å²) < 4.78 is 0. The van der Waals surface area contributed by atoms with Gasteiger partial charge >= 0.3 is 0 Å². The summed E-state index contributed by atoms with van der Waals surface area (Å²) in [6.07, 6.45) is 7.58. The summed E-state index contributed by atoms with van der Waals surface area (Å²) in [5.74, 6) is 1.45. The van der Waals surface area contributed by atoms with E-state index in [1.54, 1.807) is 5.56 Å². The van der Waals surface area contributed by atoms with Crippen molar-refractivity contribution in [1.82, 2.24) is 4.98 Å². The van der Waals surface area contributed by atoms with E-state index >= 15 is 0 Å². The van der Waals surface area contributed by atoms with Crippen LogP contribution < -0.4 is 0 Å². The van der Waals surface area contributed by atoms with Crippen molar-refractivity contribution in [3.8, 4) is 33.5 Å². The van der Waals surface area contributed by atoms with Crippen LogP contribution in [0.15, 0.2) is 103 Å². The van der Waals surface area contributed by atoms with Gasteiger partial charge in [0.15, 0.2) is 0 Å². The first kappa shape index (κ1) is 20.1. The van der Waals surface area contributed by atoms with Crippen LogP contribution in [-0.4, -0.2) is 4.98 Å². The van der Waals surface area contributed by atoms with Gasteiger partial charge in [0.25, 0.3) is 0 Å². The molecule has 5 aliphatic rings. The molecule has 10 rings (SSSR count). The van der Waals surface area contributed by atoms with Crippen LogP contribution in [0.4, 0.5) is 0 Å². The molecule has 1 heterocycles. The third-order valence-electron chi connectivity index (χ3n) is 9.87. The van der Waals surface area contributed by atoms with E-state index in [9.17, 15) is 0 Å². The second-order valence-corrected chi connectivity index (χ2v) is 11.4. The lowest BCUT2D eigenvalue weighted by Gasteiger charge is -2.38. The van der Waals surface area contributed by atoms with E-state index in [-0.39, 0.29) is 5.41 Å². The average Bonchev–Trinajstić information content (AvgIpc) is 3.45. The van der Waals surface area contributed by atoms with Crippen molar-refractivity contribution in [1.29, 1.82) is 0 Å². The van der Waals surface area contributed by atoms with Gasteiger partial charge in [-0.25, -0.2) is 0 Å². The lowest BCUT2D eigenvalue weighted by atomic mass is 9.67. The van der Waals surface area contributed by atoms with Gasteiger partial charge in [0.1, 0.15) is 0 Å². The molecule has 1 heteroatoms. The van der Waals surface area contributed by atoms with Gasteiger partial charge < -0.3 is 0 Å². The molecular weight excluding hydrogens is 446 g/mol. The van der Waals surface area contributed by atoms with Crippen molar-refractivity contribution in [3.05, 3.63) is 137 Å². The molecule has 1 saturated carbocycles. The Morgan fingerprint density at radius 2 is 1.03 bits per heavy atom. The maximum absolute atomic E-state index is 5.06. The molecule has 4 aromatic carbocycles. The number of nitrogens with zero attached hydrogens (tertiary/aromatic N) is 1. The molecule has 0 unspecified atom stereocenters. The summed E-state index contributed by atoms with van der Waals surface area (Å²) in [5.41, 5.74) is 16.2. The van der Waals surface area contributed by atoms with E-state index in [2.05, 4.69) is 103 Å². The SMILES string of the molecule is c1ccc2c(c1)-c1ccccc1C21c2ccccc2-c2ccc(-c3cc4c(cn3)C3CCC4CC3)cc21. The predicted octanol–water partition coefficient (Wildman–Crippen LogP) is 8.85. The molecular formula is C36H27N. The number of pyridine rings is 1. The summed E-state index contributed by atoms with van der Waals surface area (Å²) in [7, 11) is 0. The number of aromatic nitrogens is 1. The Balaban J connectivity index is 1.32. The highest BCUT2D eigenvalue weighted by atomic mass is 14.7. The van der Waals surface area contributed by atoms with Crippen LogP contribution in [0.1, 0.15) is 70.9 Å². The molecule has 0 N–H and O–H groups in total. The largest absolute Gasteiger partial charge is 0.256 e. The fourth-order valence-electron chi connectivity index (χ4n) is 8.30. The van der Waals surface area contributed by atoms with Crippen LogP contribution >= 0.6 is 0 Å². The smallest absolute Gasteiger partial charge is 0.0725 e. The van der Waals surface area contributed by atoms with E-state index in [4.69, 9.17) is 4.98 Å². The Labute approximate surface area is 217 Å². The van der Waals surface area contributed by atoms with Crippen LogP contribution in [0.5, 0.6) is 0 Å². The van der Waals surface area contributed by atoms with Crippen LogP contribution in [0.3, 0.4) is 0 Å². The fraction of sp³-hybridized carbons (Fsp3) is 0.194. The van der Waals surface area contributed by atoms with Gasteiger partial charge in [-0.2, -0.15) is 0 Å². The number of rotatable bonds is 1. The van der Waals surface area contributed by atoms with Crippen LogP contribution in [0.25, 0.3) is 33.5 Å². The van der Waals surface area contributed by atoms with Crippen molar-refractivity contribution < 1.29 is 0 Å². The van der Waals surface area contributed by atoms with Gasteiger partial charge in [-0.3, -0.25) is 4.98 Å². The summed E-state index contributed by atoms with van der Waals surface area (Å²) in [4.78, 5) is 5.06. The fourth-order valence-corrected chi connectivity index (χ4v) is 8.30. The van der Waals surface area contributed by atoms with E-state index in [0.717, 1.165) is 17.5 Å². The normalized spacial score (nSPS) is 20.8. The van der Waals surface area contributed by atoms with E-state index in [0.29, 0.717) is 0 Å². The zero-order valence-electron chi connectivity index (χ0n) is 20.7. The van der Waals surface area contributed by atoms with Crippen LogP contribution in [0.2, 0.25) is 0 Å². The van der Waals surface area contributed by atoms with Crippen molar-refractivity contribution in [2.24, 2.45) is 0 Å². The molecule has 1 spiro atoms. The first-order chi connectivity index (χ1) is 18.3. The van der Waals surface area contributed by atoms with Crippen molar-refractivity contribution >= 4 is 0 Å². The molecule has 1 fully saturated rings. The maximum Gasteiger partial charge on any atom is 0.0725 e. The molecule has 0 atom stereocenters. The molecule has 37 heavy (non-hydrogen) atoms. The number of hydrogen-bond donors (Lipinski definition) is 0. The highest BCUT2D eigenvalue weighted by molar-refractivity contribution is 5.95. The highest BCUT2D eigenvalue weighted by Gasteiger charge is 2.51. The topological polar surface area (TPSA) is 12.9 Å². The second-order valence-electron chi connectivity index (χ2n) is 11.4. The predicted molar refractivity (Wildman–Crippen MR) is 150 cm³/mol. The van der Waals surface area contributed by atoms with Crippen molar-refractivity contribution in [2.75, 3.05) is 0 Å². The highest BCUT2D eigenvalue weighted by Crippen LogP contribution is 2.63. The second kappa shape index (κ2) is 7.07. The first-order valence-corrected chi connectivity index (χ1v) is 13.8. The molecule has 1 aromatic heterocycles. The molecule has 0 amide bonds. The van der Waals surface area contributed by atoms with Crippen LogP contribution in [-0.2, 0) is 5.41 Å². The summed E-state index contributed by atoms with van der Waals surface area (Å²) >= 11 is 0. The van der Waals surface area contributed by atoms with Gasteiger partial charge in [0.05, 0.1) is 11.1 Å². The monoisotopic (exact) mass is 473 g/mol. The quantitative estimate of drug-likeness (QED) is 0.232. The van der Waals surface area contributed by atoms with E-state index in [1.165, 1.54) is 81.3 Å². The zero-order chi connectivity index (χ0) is 24.1. The van der Waals surface area contributed by atoms with E-state index < -0.39 is 0 Å². The van der Waals surface area contributed by atoms with Gasteiger partial charge in [0, 0.05) is 11.8 Å². The Bertz CT molecular complexity index is 1690. The van der Waals surface area contributed by atoms with Gasteiger partial charge in [-0.15, -0.1) is 0 Å². The zero-order valence-corrected chi connectivity index (χ0v) is 20.7. The minimum Gasteiger partial charge on any atom is -0.256 e. The number of hydrogen-bond acceptors (Lipinski definition) is 1. The third kappa shape index (κ3) is 2.43. The number of fused-ring (bicyclic) bond motifs is 12. The molecule has 0 saturated heterocycles. The molecule has 0 aliphatic heterocycles. The third-order valence-corrected chi connectivity index (χ3v) is 9.87. The molecule has 5 aliphatic carbocycles. The Kier molecular flexibility index (Phi) is 3.85. The van der Waals surface area contributed by atoms with Gasteiger partial charge in [-0.05, 0) is 105 Å². The summed E-state index contributed by atoms with van der Waals surface area (Å²) in [5, 5.41) is 0. The molecule has 2 bridgehead atoms. The molecule has 1 nitrogen and oxygen atoms in total. The first-order valence-electron chi connectivity index (χ1n) is 13.8. The van der Waals surface area contributed by atoms with E-state index in [1.807, 2.05) is 0 Å². The molecule has 176 valence electrons.